The summed E-state index contributed by atoms with van der Waals surface area (Å²) in [6.45, 7) is 3.77. The van der Waals surface area contributed by atoms with Gasteiger partial charge in [0.15, 0.2) is 0 Å². The molecule has 3 nitrogen and oxygen atoms in total. The Morgan fingerprint density at radius 2 is 1.94 bits per heavy atom. The van der Waals surface area contributed by atoms with Crippen LogP contribution in [-0.2, 0) is 6.54 Å². The molecule has 94 valence electrons. The third kappa shape index (κ3) is 3.53. The molecule has 0 aliphatic heterocycles. The summed E-state index contributed by atoms with van der Waals surface area (Å²) in [6, 6.07) is 12.4. The standard InChI is InChI=1S/C14H16BrN3/c1-12-9-14(17-11-16-12)18(8-7-15)10-13-5-3-2-4-6-13/h2-6,9,11H,7-8,10H2,1H3. The third-order valence-corrected chi connectivity index (χ3v) is 3.04. The van der Waals surface area contributed by atoms with Crippen LogP contribution in [0.4, 0.5) is 5.82 Å². The maximum absolute atomic E-state index is 4.35. The minimum Gasteiger partial charge on any atom is -0.351 e. The third-order valence-electron chi connectivity index (χ3n) is 2.68. The number of rotatable bonds is 5. The summed E-state index contributed by atoms with van der Waals surface area (Å²) in [7, 11) is 0. The number of aryl methyl sites for hydroxylation is 1. The summed E-state index contributed by atoms with van der Waals surface area (Å²) >= 11 is 3.49. The van der Waals surface area contributed by atoms with Crippen LogP contribution in [0.1, 0.15) is 11.3 Å². The van der Waals surface area contributed by atoms with Gasteiger partial charge in [0.1, 0.15) is 12.1 Å². The molecule has 0 aliphatic carbocycles. The van der Waals surface area contributed by atoms with Crippen LogP contribution in [0.3, 0.4) is 0 Å². The molecule has 2 rings (SSSR count). The zero-order valence-electron chi connectivity index (χ0n) is 10.4. The van der Waals surface area contributed by atoms with Crippen molar-refractivity contribution in [2.45, 2.75) is 13.5 Å². The van der Waals surface area contributed by atoms with Crippen molar-refractivity contribution in [3.8, 4) is 0 Å². The number of benzene rings is 1. The average molecular weight is 306 g/mol. The highest BCUT2D eigenvalue weighted by Gasteiger charge is 2.08. The van der Waals surface area contributed by atoms with Gasteiger partial charge in [0.2, 0.25) is 0 Å². The Kier molecular flexibility index (Phi) is 4.70. The van der Waals surface area contributed by atoms with Gasteiger partial charge in [-0.3, -0.25) is 0 Å². The Morgan fingerprint density at radius 1 is 1.17 bits per heavy atom. The van der Waals surface area contributed by atoms with Crippen molar-refractivity contribution in [2.75, 3.05) is 16.8 Å². The van der Waals surface area contributed by atoms with Crippen molar-refractivity contribution < 1.29 is 0 Å². The molecular formula is C14H16BrN3. The Labute approximate surface area is 116 Å². The van der Waals surface area contributed by atoms with Crippen molar-refractivity contribution in [1.82, 2.24) is 9.97 Å². The molecule has 0 saturated carbocycles. The second-order valence-corrected chi connectivity index (χ2v) is 4.91. The molecule has 4 heteroatoms. The van der Waals surface area contributed by atoms with E-state index in [9.17, 15) is 0 Å². The van der Waals surface area contributed by atoms with Gasteiger partial charge in [-0.15, -0.1) is 0 Å². The van der Waals surface area contributed by atoms with Crippen molar-refractivity contribution in [2.24, 2.45) is 0 Å². The van der Waals surface area contributed by atoms with Crippen LogP contribution in [0.5, 0.6) is 0 Å². The second-order valence-electron chi connectivity index (χ2n) is 4.11. The van der Waals surface area contributed by atoms with Gasteiger partial charge in [-0.25, -0.2) is 9.97 Å². The first-order valence-corrected chi connectivity index (χ1v) is 7.05. The molecule has 0 fully saturated rings. The maximum Gasteiger partial charge on any atom is 0.132 e. The molecule has 0 atom stereocenters. The molecular weight excluding hydrogens is 290 g/mol. The molecule has 0 spiro atoms. The summed E-state index contributed by atoms with van der Waals surface area (Å²) < 4.78 is 0. The summed E-state index contributed by atoms with van der Waals surface area (Å²) in [5.41, 5.74) is 2.28. The number of hydrogen-bond donors (Lipinski definition) is 0. The average Bonchev–Trinajstić information content (AvgIpc) is 2.39. The molecule has 0 bridgehead atoms. The minimum atomic E-state index is 0.864. The first-order chi connectivity index (χ1) is 8.79. The van der Waals surface area contributed by atoms with Gasteiger partial charge in [0.05, 0.1) is 0 Å². The van der Waals surface area contributed by atoms with Crippen LogP contribution in [-0.4, -0.2) is 21.8 Å². The lowest BCUT2D eigenvalue weighted by Crippen LogP contribution is -2.25. The van der Waals surface area contributed by atoms with Gasteiger partial charge in [0.25, 0.3) is 0 Å². The highest BCUT2D eigenvalue weighted by molar-refractivity contribution is 9.09. The lowest BCUT2D eigenvalue weighted by Gasteiger charge is -2.23. The molecule has 0 saturated heterocycles. The predicted octanol–water partition coefficient (Wildman–Crippen LogP) is 3.19. The Hall–Kier alpha value is -1.42. The summed E-state index contributed by atoms with van der Waals surface area (Å²) in [5.74, 6) is 0.978. The molecule has 0 radical (unpaired) electrons. The zero-order chi connectivity index (χ0) is 12.8. The van der Waals surface area contributed by atoms with E-state index in [1.165, 1.54) is 5.56 Å². The smallest absolute Gasteiger partial charge is 0.132 e. The van der Waals surface area contributed by atoms with E-state index in [4.69, 9.17) is 0 Å². The topological polar surface area (TPSA) is 29.0 Å². The fourth-order valence-electron chi connectivity index (χ4n) is 1.79. The van der Waals surface area contributed by atoms with Crippen molar-refractivity contribution >= 4 is 21.7 Å². The fraction of sp³-hybridized carbons (Fsp3) is 0.286. The quantitative estimate of drug-likeness (QED) is 0.795. The number of alkyl halides is 1. The largest absolute Gasteiger partial charge is 0.351 e. The van der Waals surface area contributed by atoms with E-state index in [2.05, 4.69) is 55.1 Å². The van der Waals surface area contributed by atoms with Gasteiger partial charge >= 0.3 is 0 Å². The monoisotopic (exact) mass is 305 g/mol. The van der Waals surface area contributed by atoms with Crippen LogP contribution >= 0.6 is 15.9 Å². The zero-order valence-corrected chi connectivity index (χ0v) is 12.0. The molecule has 0 aliphatic rings. The number of aromatic nitrogens is 2. The van der Waals surface area contributed by atoms with Crippen LogP contribution in [0.25, 0.3) is 0 Å². The molecule has 0 amide bonds. The lowest BCUT2D eigenvalue weighted by atomic mass is 10.2. The summed E-state index contributed by atoms with van der Waals surface area (Å²) in [4.78, 5) is 10.7. The van der Waals surface area contributed by atoms with Gasteiger partial charge in [-0.2, -0.15) is 0 Å². The Morgan fingerprint density at radius 3 is 2.61 bits per heavy atom. The Bertz CT molecular complexity index is 487. The highest BCUT2D eigenvalue weighted by atomic mass is 79.9. The number of anilines is 1. The van der Waals surface area contributed by atoms with E-state index in [0.717, 1.165) is 29.9 Å². The van der Waals surface area contributed by atoms with Crippen LogP contribution in [0.15, 0.2) is 42.7 Å². The maximum atomic E-state index is 4.35. The molecule has 1 heterocycles. The van der Waals surface area contributed by atoms with Crippen LogP contribution in [0.2, 0.25) is 0 Å². The van der Waals surface area contributed by atoms with E-state index in [-0.39, 0.29) is 0 Å². The summed E-state index contributed by atoms with van der Waals surface area (Å²) in [6.07, 6.45) is 1.62. The van der Waals surface area contributed by atoms with Gasteiger partial charge < -0.3 is 4.90 Å². The summed E-state index contributed by atoms with van der Waals surface area (Å²) in [5, 5.41) is 0.920. The van der Waals surface area contributed by atoms with Crippen molar-refractivity contribution in [3.05, 3.63) is 54.0 Å². The van der Waals surface area contributed by atoms with E-state index < -0.39 is 0 Å². The molecule has 1 aromatic carbocycles. The lowest BCUT2D eigenvalue weighted by molar-refractivity contribution is 0.815. The molecule has 0 N–H and O–H groups in total. The van der Waals surface area contributed by atoms with Crippen LogP contribution in [0, 0.1) is 6.92 Å². The Balaban J connectivity index is 2.18. The first kappa shape index (κ1) is 13.0. The van der Waals surface area contributed by atoms with Crippen molar-refractivity contribution in [3.63, 3.8) is 0 Å². The molecule has 2 aromatic rings. The van der Waals surface area contributed by atoms with Crippen molar-refractivity contribution in [1.29, 1.82) is 0 Å². The van der Waals surface area contributed by atoms with Gasteiger partial charge in [0, 0.05) is 30.2 Å². The van der Waals surface area contributed by atoms with Crippen LogP contribution < -0.4 is 4.90 Å². The number of halogens is 1. The van der Waals surface area contributed by atoms with E-state index in [0.29, 0.717) is 0 Å². The molecule has 1 aromatic heterocycles. The van der Waals surface area contributed by atoms with E-state index in [1.54, 1.807) is 6.33 Å². The van der Waals surface area contributed by atoms with Gasteiger partial charge in [-0.1, -0.05) is 46.3 Å². The van der Waals surface area contributed by atoms with Gasteiger partial charge in [-0.05, 0) is 12.5 Å². The second kappa shape index (κ2) is 6.50. The predicted molar refractivity (Wildman–Crippen MR) is 78.1 cm³/mol. The first-order valence-electron chi connectivity index (χ1n) is 5.93. The molecule has 18 heavy (non-hydrogen) atoms. The fourth-order valence-corrected chi connectivity index (χ4v) is 2.22. The SMILES string of the molecule is Cc1cc(N(CCBr)Cc2ccccc2)ncn1. The normalized spacial score (nSPS) is 10.3. The minimum absolute atomic E-state index is 0.864. The highest BCUT2D eigenvalue weighted by Crippen LogP contribution is 2.14. The number of hydrogen-bond acceptors (Lipinski definition) is 3. The molecule has 0 unspecified atom stereocenters. The van der Waals surface area contributed by atoms with E-state index in [1.807, 2.05) is 19.1 Å². The van der Waals surface area contributed by atoms with E-state index >= 15 is 0 Å². The number of nitrogens with zero attached hydrogens (tertiary/aromatic N) is 3.